The molecule has 0 unspecified atom stereocenters. The third-order valence-electron chi connectivity index (χ3n) is 4.41. The number of rotatable bonds is 4. The molecule has 1 fully saturated rings. The van der Waals surface area contributed by atoms with Gasteiger partial charge in [0.1, 0.15) is 0 Å². The minimum atomic E-state index is -0.276. The van der Waals surface area contributed by atoms with Gasteiger partial charge in [-0.1, -0.05) is 30.3 Å². The van der Waals surface area contributed by atoms with Crippen molar-refractivity contribution >= 4 is 17.3 Å². The quantitative estimate of drug-likeness (QED) is 0.777. The number of aromatic nitrogens is 1. The maximum absolute atomic E-state index is 12.6. The first-order valence-electron chi connectivity index (χ1n) is 8.46. The zero-order valence-electron chi connectivity index (χ0n) is 13.8. The Morgan fingerprint density at radius 1 is 1.00 bits per heavy atom. The Morgan fingerprint density at radius 3 is 2.44 bits per heavy atom. The number of carbonyl (C=O) groups is 1. The second kappa shape index (κ2) is 6.81. The molecule has 2 heterocycles. The number of hydrogen-bond acceptors (Lipinski definition) is 4. The van der Waals surface area contributed by atoms with E-state index in [-0.39, 0.29) is 11.6 Å². The molecule has 4 rings (SSSR count). The van der Waals surface area contributed by atoms with E-state index in [1.54, 1.807) is 0 Å². The summed E-state index contributed by atoms with van der Waals surface area (Å²) in [6.07, 6.45) is 3.79. The highest BCUT2D eigenvalue weighted by atomic mass is 16.3. The molecular formula is C20H19N3O2. The minimum Gasteiger partial charge on any atom is -0.443 e. The second-order valence-corrected chi connectivity index (χ2v) is 6.09. The van der Waals surface area contributed by atoms with Crippen LogP contribution >= 0.6 is 0 Å². The van der Waals surface area contributed by atoms with Gasteiger partial charge in [0, 0.05) is 30.0 Å². The number of oxazole rings is 1. The molecule has 0 spiro atoms. The van der Waals surface area contributed by atoms with Gasteiger partial charge < -0.3 is 14.6 Å². The Bertz CT molecular complexity index is 850. The van der Waals surface area contributed by atoms with Gasteiger partial charge in [-0.25, -0.2) is 4.98 Å². The van der Waals surface area contributed by atoms with Crippen molar-refractivity contribution in [1.82, 2.24) is 4.98 Å². The summed E-state index contributed by atoms with van der Waals surface area (Å²) < 4.78 is 5.42. The van der Waals surface area contributed by atoms with Crippen molar-refractivity contribution in [3.63, 3.8) is 0 Å². The molecule has 2 aromatic carbocycles. The zero-order valence-corrected chi connectivity index (χ0v) is 13.8. The van der Waals surface area contributed by atoms with Crippen LogP contribution in [0.3, 0.4) is 0 Å². The molecule has 1 saturated heterocycles. The van der Waals surface area contributed by atoms with E-state index in [0.717, 1.165) is 24.3 Å². The topological polar surface area (TPSA) is 58.4 Å². The molecule has 0 bridgehead atoms. The minimum absolute atomic E-state index is 0.276. The molecule has 25 heavy (non-hydrogen) atoms. The first kappa shape index (κ1) is 15.4. The van der Waals surface area contributed by atoms with Crippen molar-refractivity contribution in [2.24, 2.45) is 0 Å². The molecule has 126 valence electrons. The molecule has 0 radical (unpaired) electrons. The number of anilines is 2. The lowest BCUT2D eigenvalue weighted by Gasteiger charge is -2.17. The first-order valence-corrected chi connectivity index (χ1v) is 8.46. The SMILES string of the molecule is O=C(Nc1ccc(N2CCCC2)cc1)c1ncoc1-c1ccccc1. The summed E-state index contributed by atoms with van der Waals surface area (Å²) in [5.74, 6) is 0.202. The van der Waals surface area contributed by atoms with Crippen LogP contribution in [0.1, 0.15) is 23.3 Å². The maximum Gasteiger partial charge on any atom is 0.278 e. The highest BCUT2D eigenvalue weighted by molar-refractivity contribution is 6.06. The van der Waals surface area contributed by atoms with Crippen LogP contribution in [0.5, 0.6) is 0 Å². The largest absolute Gasteiger partial charge is 0.443 e. The van der Waals surface area contributed by atoms with Crippen LogP contribution in [-0.4, -0.2) is 24.0 Å². The van der Waals surface area contributed by atoms with Gasteiger partial charge in [-0.2, -0.15) is 0 Å². The summed E-state index contributed by atoms with van der Waals surface area (Å²) >= 11 is 0. The fourth-order valence-electron chi connectivity index (χ4n) is 3.12. The number of nitrogens with zero attached hydrogens (tertiary/aromatic N) is 2. The number of amides is 1. The van der Waals surface area contributed by atoms with Gasteiger partial charge in [0.2, 0.25) is 0 Å². The molecule has 1 aliphatic heterocycles. The van der Waals surface area contributed by atoms with E-state index in [9.17, 15) is 4.79 Å². The Hall–Kier alpha value is -3.08. The summed E-state index contributed by atoms with van der Waals surface area (Å²) in [7, 11) is 0. The van der Waals surface area contributed by atoms with Crippen molar-refractivity contribution in [1.29, 1.82) is 0 Å². The predicted octanol–water partition coefficient (Wildman–Crippen LogP) is 4.19. The Balaban J connectivity index is 1.50. The third kappa shape index (κ3) is 3.26. The second-order valence-electron chi connectivity index (χ2n) is 6.09. The van der Waals surface area contributed by atoms with Crippen molar-refractivity contribution < 1.29 is 9.21 Å². The summed E-state index contributed by atoms with van der Waals surface area (Å²) in [5, 5.41) is 2.89. The zero-order chi connectivity index (χ0) is 17.1. The number of nitrogens with one attached hydrogen (secondary N) is 1. The van der Waals surface area contributed by atoms with E-state index >= 15 is 0 Å². The first-order chi connectivity index (χ1) is 12.3. The van der Waals surface area contributed by atoms with Crippen LogP contribution in [0.15, 0.2) is 65.4 Å². The van der Waals surface area contributed by atoms with Crippen molar-refractivity contribution in [3.8, 4) is 11.3 Å². The van der Waals surface area contributed by atoms with Crippen molar-refractivity contribution in [3.05, 3.63) is 66.7 Å². The maximum atomic E-state index is 12.6. The van der Waals surface area contributed by atoms with Crippen LogP contribution in [0.25, 0.3) is 11.3 Å². The molecule has 1 N–H and O–H groups in total. The van der Waals surface area contributed by atoms with Crippen molar-refractivity contribution in [2.75, 3.05) is 23.3 Å². The molecule has 3 aromatic rings. The van der Waals surface area contributed by atoms with Gasteiger partial charge in [0.15, 0.2) is 17.8 Å². The third-order valence-corrected chi connectivity index (χ3v) is 4.41. The molecule has 5 heteroatoms. The standard InChI is InChI=1S/C20H19N3O2/c24-20(18-19(25-14-21-18)15-6-2-1-3-7-15)22-16-8-10-17(11-9-16)23-12-4-5-13-23/h1-3,6-11,14H,4-5,12-13H2,(H,22,24). The predicted molar refractivity (Wildman–Crippen MR) is 97.8 cm³/mol. The van der Waals surface area contributed by atoms with E-state index in [2.05, 4.69) is 15.2 Å². The fraction of sp³-hybridized carbons (Fsp3) is 0.200. The van der Waals surface area contributed by atoms with E-state index in [1.165, 1.54) is 24.9 Å². The molecule has 0 saturated carbocycles. The number of benzene rings is 2. The Kier molecular flexibility index (Phi) is 4.21. The lowest BCUT2D eigenvalue weighted by atomic mass is 10.1. The highest BCUT2D eigenvalue weighted by Crippen LogP contribution is 2.25. The van der Waals surface area contributed by atoms with E-state index in [4.69, 9.17) is 4.42 Å². The molecule has 0 aliphatic carbocycles. The van der Waals surface area contributed by atoms with E-state index in [0.29, 0.717) is 5.76 Å². The molecule has 1 amide bonds. The van der Waals surface area contributed by atoms with E-state index in [1.807, 2.05) is 54.6 Å². The van der Waals surface area contributed by atoms with Gasteiger partial charge in [0.05, 0.1) is 0 Å². The van der Waals surface area contributed by atoms with Gasteiger partial charge >= 0.3 is 0 Å². The summed E-state index contributed by atoms with van der Waals surface area (Å²) in [4.78, 5) is 19.0. The van der Waals surface area contributed by atoms with E-state index < -0.39 is 0 Å². The van der Waals surface area contributed by atoms with Crippen LogP contribution in [0.4, 0.5) is 11.4 Å². The molecule has 1 aliphatic rings. The average molecular weight is 333 g/mol. The lowest BCUT2D eigenvalue weighted by Crippen LogP contribution is -2.17. The van der Waals surface area contributed by atoms with Crippen molar-refractivity contribution in [2.45, 2.75) is 12.8 Å². The van der Waals surface area contributed by atoms with Crippen LogP contribution in [0, 0.1) is 0 Å². The average Bonchev–Trinajstić information content (AvgIpc) is 3.35. The van der Waals surface area contributed by atoms with Crippen LogP contribution in [-0.2, 0) is 0 Å². The highest BCUT2D eigenvalue weighted by Gasteiger charge is 2.18. The normalized spacial score (nSPS) is 13.8. The fourth-order valence-corrected chi connectivity index (χ4v) is 3.12. The molecular weight excluding hydrogens is 314 g/mol. The smallest absolute Gasteiger partial charge is 0.278 e. The Morgan fingerprint density at radius 2 is 1.72 bits per heavy atom. The monoisotopic (exact) mass is 333 g/mol. The van der Waals surface area contributed by atoms with Gasteiger partial charge in [-0.15, -0.1) is 0 Å². The summed E-state index contributed by atoms with van der Waals surface area (Å²) in [5.41, 5.74) is 3.06. The van der Waals surface area contributed by atoms with Crippen LogP contribution in [0.2, 0.25) is 0 Å². The van der Waals surface area contributed by atoms with Crippen LogP contribution < -0.4 is 10.2 Å². The molecule has 0 atom stereocenters. The Labute approximate surface area is 146 Å². The van der Waals surface area contributed by atoms with Gasteiger partial charge in [-0.3, -0.25) is 4.79 Å². The lowest BCUT2D eigenvalue weighted by molar-refractivity contribution is 0.102. The van der Waals surface area contributed by atoms with Gasteiger partial charge in [0.25, 0.3) is 5.91 Å². The summed E-state index contributed by atoms with van der Waals surface area (Å²) in [6.45, 7) is 2.20. The summed E-state index contributed by atoms with van der Waals surface area (Å²) in [6, 6.07) is 17.4. The molecule has 1 aromatic heterocycles. The molecule has 5 nitrogen and oxygen atoms in total. The number of carbonyl (C=O) groups excluding carboxylic acids is 1. The van der Waals surface area contributed by atoms with Gasteiger partial charge in [-0.05, 0) is 37.1 Å². The number of hydrogen-bond donors (Lipinski definition) is 1.